The van der Waals surface area contributed by atoms with Crippen LogP contribution in [0.2, 0.25) is 0 Å². The quantitative estimate of drug-likeness (QED) is 0.0246. The molecule has 4 aromatic carbocycles. The Bertz CT molecular complexity index is 4450. The molecule has 8 aromatic rings. The van der Waals surface area contributed by atoms with Crippen LogP contribution in [0.15, 0.2) is 146 Å². The van der Waals surface area contributed by atoms with Gasteiger partial charge in [0.05, 0.1) is 103 Å². The average molecular weight is 1580 g/mol. The van der Waals surface area contributed by atoms with Crippen molar-refractivity contribution in [1.29, 1.82) is 0 Å². The molecule has 4 saturated heterocycles. The lowest BCUT2D eigenvalue weighted by Crippen LogP contribution is -2.58. The first-order chi connectivity index (χ1) is 53.5. The van der Waals surface area contributed by atoms with Crippen molar-refractivity contribution in [3.05, 3.63) is 191 Å². The van der Waals surface area contributed by atoms with Crippen molar-refractivity contribution >= 4 is 65.0 Å². The molecule has 36 heteroatoms. The fourth-order valence-electron chi connectivity index (χ4n) is 13.5. The number of nitrogens with zero attached hydrogens (tertiary/aromatic N) is 12. The highest BCUT2D eigenvalue weighted by atomic mass is 35.5. The van der Waals surface area contributed by atoms with Crippen LogP contribution < -0.4 is 0 Å². The molecular weight excluding hydrogens is 1490 g/mol. The van der Waals surface area contributed by atoms with Gasteiger partial charge in [0.15, 0.2) is 43.0 Å². The third-order valence-corrected chi connectivity index (χ3v) is 20.2. The Kier molecular flexibility index (Phi) is 26.8. The van der Waals surface area contributed by atoms with Gasteiger partial charge in [0.25, 0.3) is 0 Å². The van der Waals surface area contributed by atoms with Crippen molar-refractivity contribution in [1.82, 2.24) is 60.0 Å². The van der Waals surface area contributed by atoms with Crippen LogP contribution in [-0.2, 0) is 139 Å². The summed E-state index contributed by atoms with van der Waals surface area (Å²) in [6.45, 7) is 9.76. The highest BCUT2D eigenvalue weighted by molar-refractivity contribution is 6.21. The zero-order valence-corrected chi connectivity index (χ0v) is 63.2. The largest absolute Gasteiger partial charge is 0.463 e. The minimum atomic E-state index is -1.76. The van der Waals surface area contributed by atoms with Gasteiger partial charge >= 0.3 is 41.8 Å². The third kappa shape index (κ3) is 20.2. The minimum Gasteiger partial charge on any atom is -0.463 e. The van der Waals surface area contributed by atoms with Crippen LogP contribution in [0.1, 0.15) is 113 Å². The van der Waals surface area contributed by atoms with Gasteiger partial charge in [0, 0.05) is 52.0 Å². The smallest absolute Gasteiger partial charge is 0.338 e. The molecule has 8 heterocycles. The predicted molar refractivity (Wildman–Crippen MR) is 381 cm³/mol. The Labute approximate surface area is 646 Å². The molecule has 0 saturated carbocycles. The fourth-order valence-corrected chi connectivity index (χ4v) is 14.1. The summed E-state index contributed by atoms with van der Waals surface area (Å²) in [6, 6.07) is 33.1. The van der Waals surface area contributed by atoms with Gasteiger partial charge in [-0.3, -0.25) is 19.1 Å². The van der Waals surface area contributed by atoms with Gasteiger partial charge in [-0.15, -0.1) is 43.6 Å². The van der Waals surface area contributed by atoms with Crippen LogP contribution in [0.3, 0.4) is 0 Å². The van der Waals surface area contributed by atoms with E-state index in [4.69, 9.17) is 94.3 Å². The standard InChI is InChI=1S/C75H84Cl2N12O22/c1-42-61(77)60(39-98-46(5)90)105-74(64(42)101-47(6)91)111-75(40-76)45(4)65(102-48(7)92)59(110-75)35-88-33-56(81-84-88)38-99-72-43(2)62(106-68(93)49-21-13-9-14-22-49)66(108-70(95)51-25-17-11-18-26-51)57(103-72)29-53-31-89(85-78-53)41-100-73-44(3)63(107-69(94)50-23-15-10-16-24-50)67(109-71(96)52-27-19-12-20-28-52)58(104-73)34-87-32-55(80-83-87)37-97-36-54-30-86(8)82-79-54/h9-28,30-33,42-45,57-67,72-74H,29,34-41H2,1-8H3/t42-,43-,44+,45-,57+,58-,59+,60+,61+,62+,63-,64+,65-,66-,67-,72+,73-,74-,75-/m0/s1. The number of hydrogen-bond acceptors (Lipinski definition) is 30. The first kappa shape index (κ1) is 80.5. The lowest BCUT2D eigenvalue weighted by Gasteiger charge is -2.45. The fraction of sp³-hybridized carbons (Fsp3) is 0.480. The summed E-state index contributed by atoms with van der Waals surface area (Å²) in [6.07, 6.45) is -8.74. The van der Waals surface area contributed by atoms with Crippen LogP contribution in [0, 0.1) is 23.7 Å². The topological polar surface area (TPSA) is 381 Å². The molecule has 19 atom stereocenters. The first-order valence-electron chi connectivity index (χ1n) is 35.9. The molecule has 12 rings (SSSR count). The zero-order chi connectivity index (χ0) is 78.5. The van der Waals surface area contributed by atoms with E-state index < -0.39 is 157 Å². The summed E-state index contributed by atoms with van der Waals surface area (Å²) < 4.78 is 100. The van der Waals surface area contributed by atoms with Crippen LogP contribution in [0.25, 0.3) is 0 Å². The summed E-state index contributed by atoms with van der Waals surface area (Å²) in [5.74, 6) is -9.99. The number of aryl methyl sites for hydroxylation is 1. The maximum absolute atomic E-state index is 14.3. The van der Waals surface area contributed by atoms with Crippen LogP contribution in [0.5, 0.6) is 0 Å². The summed E-state index contributed by atoms with van der Waals surface area (Å²) in [5.41, 5.74) is 2.49. The van der Waals surface area contributed by atoms with Gasteiger partial charge in [0.1, 0.15) is 73.1 Å². The monoisotopic (exact) mass is 1570 g/mol. The van der Waals surface area contributed by atoms with E-state index in [2.05, 4.69) is 41.2 Å². The SMILES string of the molecule is CC(=O)OC[C@H]1O[C@@H](O[C@]2(CCl)O[C@H](Cn3cc(CO[C@@H]4O[C@H](Cc5cn(CO[C@H]6O[C@@H](Cn7cc(COCc8cn(C)nn8)nn7)[C@H](OC(=O)c7ccccc7)[C@@H](OC(=O)c7ccccc7)[C@H]6C)nn5)[C@H](OC(=O)c5ccccc5)[C@H](OC(=O)c5ccccc5)[C@@H]4C)nn3)[C@@H](OC(C)=O)[C@@H]2C)[C@H](OC(C)=O)[C@@H](C)[C@H]1Cl. The van der Waals surface area contributed by atoms with E-state index in [0.29, 0.717) is 11.4 Å². The molecule has 0 spiro atoms. The lowest BCUT2D eigenvalue weighted by molar-refractivity contribution is -0.350. The summed E-state index contributed by atoms with van der Waals surface area (Å²) in [7, 11) is 1.74. The normalized spacial score (nSPS) is 27.8. The maximum Gasteiger partial charge on any atom is 0.338 e. The second kappa shape index (κ2) is 36.9. The Hall–Kier alpha value is -10.0. The molecule has 4 aliphatic rings. The van der Waals surface area contributed by atoms with Crippen molar-refractivity contribution < 1.29 is 105 Å². The van der Waals surface area contributed by atoms with Crippen LogP contribution >= 0.6 is 23.2 Å². The van der Waals surface area contributed by atoms with Crippen molar-refractivity contribution in [2.24, 2.45) is 30.7 Å². The average Bonchev–Trinajstić information content (AvgIpc) is 1.63. The summed E-state index contributed by atoms with van der Waals surface area (Å²) in [5, 5.41) is 33.5. The van der Waals surface area contributed by atoms with E-state index in [1.54, 1.807) is 186 Å². The molecular formula is C75H84Cl2N12O22. The molecule has 0 amide bonds. The number of ether oxygens (including phenoxy) is 15. The van der Waals surface area contributed by atoms with Gasteiger partial charge in [-0.25, -0.2) is 33.2 Å². The van der Waals surface area contributed by atoms with Crippen LogP contribution in [0.4, 0.5) is 0 Å². The molecule has 34 nitrogen and oxygen atoms in total. The number of alkyl halides is 2. The maximum atomic E-state index is 14.3. The van der Waals surface area contributed by atoms with Gasteiger partial charge in [-0.05, 0) is 48.5 Å². The number of rotatable bonds is 31. The second-order valence-electron chi connectivity index (χ2n) is 27.4. The number of carbonyl (C=O) groups is 7. The summed E-state index contributed by atoms with van der Waals surface area (Å²) >= 11 is 13.6. The molecule has 0 unspecified atom stereocenters. The lowest BCUT2D eigenvalue weighted by atomic mass is 9.89. The number of benzene rings is 4. The zero-order valence-electron chi connectivity index (χ0n) is 61.7. The predicted octanol–water partition coefficient (Wildman–Crippen LogP) is 6.75. The molecule has 111 heavy (non-hydrogen) atoms. The van der Waals surface area contributed by atoms with Crippen molar-refractivity contribution in [2.75, 3.05) is 12.5 Å². The van der Waals surface area contributed by atoms with E-state index in [1.165, 1.54) is 34.8 Å². The van der Waals surface area contributed by atoms with Gasteiger partial charge < -0.3 is 71.1 Å². The van der Waals surface area contributed by atoms with E-state index in [1.807, 2.05) is 0 Å². The van der Waals surface area contributed by atoms with Crippen LogP contribution in [-0.4, -0.2) is 205 Å². The van der Waals surface area contributed by atoms with Crippen molar-refractivity contribution in [3.63, 3.8) is 0 Å². The third-order valence-electron chi connectivity index (χ3n) is 19.1. The van der Waals surface area contributed by atoms with E-state index >= 15 is 0 Å². The number of carbonyl (C=O) groups excluding carboxylic acids is 7. The highest BCUT2D eigenvalue weighted by Gasteiger charge is 2.59. The summed E-state index contributed by atoms with van der Waals surface area (Å²) in [4.78, 5) is 93.9. The van der Waals surface area contributed by atoms with Crippen molar-refractivity contribution in [3.8, 4) is 0 Å². The Morgan fingerprint density at radius 2 is 0.883 bits per heavy atom. The van der Waals surface area contributed by atoms with E-state index in [-0.39, 0.29) is 92.2 Å². The molecule has 0 radical (unpaired) electrons. The van der Waals surface area contributed by atoms with E-state index in [0.717, 1.165) is 0 Å². The molecule has 4 aromatic heterocycles. The molecule has 0 bridgehead atoms. The first-order valence-corrected chi connectivity index (χ1v) is 36.8. The number of halogens is 2. The number of hydrogen-bond donors (Lipinski definition) is 0. The van der Waals surface area contributed by atoms with Gasteiger partial charge in [-0.2, -0.15) is 0 Å². The molecule has 4 fully saturated rings. The Balaban J connectivity index is 0.785. The van der Waals surface area contributed by atoms with Gasteiger partial charge in [-0.1, -0.05) is 121 Å². The van der Waals surface area contributed by atoms with Crippen molar-refractivity contribution in [2.45, 2.75) is 186 Å². The second-order valence-corrected chi connectivity index (χ2v) is 28.1. The number of aromatic nitrogens is 12. The Morgan fingerprint density at radius 3 is 1.39 bits per heavy atom. The Morgan fingerprint density at radius 1 is 0.450 bits per heavy atom. The van der Waals surface area contributed by atoms with Gasteiger partial charge in [0.2, 0.25) is 0 Å². The molecule has 590 valence electrons. The number of esters is 7. The highest BCUT2D eigenvalue weighted by Crippen LogP contribution is 2.45. The molecule has 0 N–H and O–H groups in total. The van der Waals surface area contributed by atoms with E-state index in [9.17, 15) is 33.6 Å². The molecule has 4 aliphatic heterocycles. The molecule has 0 aliphatic carbocycles. The minimum absolute atomic E-state index is 0.0590.